The summed E-state index contributed by atoms with van der Waals surface area (Å²) in [6, 6.07) is 28.5. The molecular weight excluding hydrogens is 512 g/mol. The number of nitrogens with zero attached hydrogens (tertiary/aromatic N) is 3. The molecule has 2 N–H and O–H groups in total. The number of rotatable bonds is 6. The van der Waals surface area contributed by atoms with Crippen LogP contribution in [0.1, 0.15) is 0 Å². The normalized spacial score (nSPS) is 11.0. The average molecular weight is 531 g/mol. The van der Waals surface area contributed by atoms with Crippen molar-refractivity contribution in [2.45, 2.75) is 5.16 Å². The third-order valence-electron chi connectivity index (χ3n) is 5.24. The number of benzene rings is 4. The molecule has 1 heterocycles. The number of aromatic nitrogens is 3. The van der Waals surface area contributed by atoms with Crippen LogP contribution in [0, 0.1) is 0 Å². The number of nitrogens with one attached hydrogen (secondary N) is 1. The molecule has 0 aliphatic rings. The Bertz CT molecular complexity index is 1480. The fourth-order valence-electron chi connectivity index (χ4n) is 3.69. The number of aromatic hydroxyl groups is 1. The number of thioether (sulfide) groups is 1. The van der Waals surface area contributed by atoms with Gasteiger partial charge in [0.1, 0.15) is 5.75 Å². The summed E-state index contributed by atoms with van der Waals surface area (Å²) < 4.78 is 2.66. The molecule has 0 saturated heterocycles. The predicted molar refractivity (Wildman–Crippen MR) is 139 cm³/mol. The molecule has 0 fully saturated rings. The van der Waals surface area contributed by atoms with Crippen molar-refractivity contribution in [1.82, 2.24) is 14.8 Å². The highest BCUT2D eigenvalue weighted by Crippen LogP contribution is 2.34. The summed E-state index contributed by atoms with van der Waals surface area (Å²) in [7, 11) is 0. The van der Waals surface area contributed by atoms with E-state index >= 15 is 0 Å². The molecule has 4 aromatic carbocycles. The van der Waals surface area contributed by atoms with E-state index in [1.807, 2.05) is 77.4 Å². The van der Waals surface area contributed by atoms with Crippen LogP contribution in [0.15, 0.2) is 101 Å². The molecule has 0 aliphatic heterocycles. The van der Waals surface area contributed by atoms with E-state index in [2.05, 4.69) is 31.4 Å². The molecule has 6 nitrogen and oxygen atoms in total. The first kappa shape index (κ1) is 22.2. The fourth-order valence-corrected chi connectivity index (χ4v) is 4.80. The minimum atomic E-state index is -0.143. The van der Waals surface area contributed by atoms with Crippen molar-refractivity contribution >= 4 is 50.1 Å². The van der Waals surface area contributed by atoms with Crippen LogP contribution in [0.25, 0.3) is 27.8 Å². The van der Waals surface area contributed by atoms with Crippen molar-refractivity contribution in [3.63, 3.8) is 0 Å². The molecule has 0 radical (unpaired) electrons. The molecule has 0 atom stereocenters. The van der Waals surface area contributed by atoms with Gasteiger partial charge < -0.3 is 10.4 Å². The van der Waals surface area contributed by atoms with E-state index < -0.39 is 0 Å². The summed E-state index contributed by atoms with van der Waals surface area (Å²) in [6.07, 6.45) is 0. The van der Waals surface area contributed by atoms with Crippen molar-refractivity contribution in [1.29, 1.82) is 0 Å². The van der Waals surface area contributed by atoms with Crippen molar-refractivity contribution in [2.24, 2.45) is 0 Å². The molecule has 168 valence electrons. The maximum atomic E-state index is 12.8. The molecule has 0 unspecified atom stereocenters. The molecule has 0 saturated carbocycles. The molecule has 0 bridgehead atoms. The summed E-state index contributed by atoms with van der Waals surface area (Å²) in [5.41, 5.74) is 2.14. The van der Waals surface area contributed by atoms with Gasteiger partial charge in [-0.25, -0.2) is 0 Å². The van der Waals surface area contributed by atoms with Crippen LogP contribution in [0.5, 0.6) is 5.75 Å². The molecule has 1 amide bonds. The highest BCUT2D eigenvalue weighted by Gasteiger charge is 2.20. The third kappa shape index (κ3) is 4.55. The number of hydrogen-bond acceptors (Lipinski definition) is 5. The van der Waals surface area contributed by atoms with Crippen molar-refractivity contribution in [2.75, 3.05) is 11.1 Å². The Kier molecular flexibility index (Phi) is 6.33. The number of hydrogen-bond donors (Lipinski definition) is 2. The molecule has 8 heteroatoms. The molecule has 5 aromatic rings. The SMILES string of the molecule is O=C(CSc1nnc(-c2cc(Br)ccc2O)n1-c1ccccc1)Nc1cccc2ccccc12. The second-order valence-corrected chi connectivity index (χ2v) is 9.36. The minimum absolute atomic E-state index is 0.0954. The minimum Gasteiger partial charge on any atom is -0.507 e. The number of amides is 1. The first-order valence-electron chi connectivity index (χ1n) is 10.5. The van der Waals surface area contributed by atoms with Crippen molar-refractivity contribution < 1.29 is 9.90 Å². The smallest absolute Gasteiger partial charge is 0.234 e. The monoisotopic (exact) mass is 530 g/mol. The van der Waals surface area contributed by atoms with E-state index in [-0.39, 0.29) is 17.4 Å². The lowest BCUT2D eigenvalue weighted by Crippen LogP contribution is -2.14. The second-order valence-electron chi connectivity index (χ2n) is 7.50. The fraction of sp³-hybridized carbons (Fsp3) is 0.0385. The van der Waals surface area contributed by atoms with Gasteiger partial charge in [-0.15, -0.1) is 10.2 Å². The number of carbonyl (C=O) groups excluding carboxylic acids is 1. The quantitative estimate of drug-likeness (QED) is 0.252. The lowest BCUT2D eigenvalue weighted by atomic mass is 10.1. The van der Waals surface area contributed by atoms with Gasteiger partial charge in [0.2, 0.25) is 5.91 Å². The van der Waals surface area contributed by atoms with Crippen LogP contribution in [0.3, 0.4) is 0 Å². The largest absolute Gasteiger partial charge is 0.507 e. The van der Waals surface area contributed by atoms with Gasteiger partial charge in [0.15, 0.2) is 11.0 Å². The first-order valence-corrected chi connectivity index (χ1v) is 12.3. The predicted octanol–water partition coefficient (Wildman–Crippen LogP) is 6.29. The number of phenols is 1. The number of carbonyl (C=O) groups is 1. The third-order valence-corrected chi connectivity index (χ3v) is 6.67. The zero-order chi connectivity index (χ0) is 23.5. The van der Waals surface area contributed by atoms with Crippen LogP contribution in [-0.2, 0) is 4.79 Å². The van der Waals surface area contributed by atoms with Crippen LogP contribution in [-0.4, -0.2) is 31.5 Å². The topological polar surface area (TPSA) is 80.0 Å². The lowest BCUT2D eigenvalue weighted by molar-refractivity contribution is -0.113. The van der Waals surface area contributed by atoms with Crippen molar-refractivity contribution in [3.8, 4) is 22.8 Å². The van der Waals surface area contributed by atoms with Gasteiger partial charge in [-0.05, 0) is 41.8 Å². The van der Waals surface area contributed by atoms with Crippen molar-refractivity contribution in [3.05, 3.63) is 95.5 Å². The van der Waals surface area contributed by atoms with E-state index in [4.69, 9.17) is 0 Å². The van der Waals surface area contributed by atoms with E-state index in [1.54, 1.807) is 18.2 Å². The Hall–Kier alpha value is -3.62. The molecule has 0 spiro atoms. The Morgan fingerprint density at radius 2 is 1.71 bits per heavy atom. The van der Waals surface area contributed by atoms with Crippen LogP contribution < -0.4 is 5.32 Å². The molecule has 0 aliphatic carbocycles. The molecule has 5 rings (SSSR count). The maximum Gasteiger partial charge on any atom is 0.234 e. The maximum absolute atomic E-state index is 12.8. The Morgan fingerprint density at radius 3 is 2.56 bits per heavy atom. The van der Waals surface area contributed by atoms with E-state index in [0.29, 0.717) is 16.5 Å². The molecule has 1 aromatic heterocycles. The van der Waals surface area contributed by atoms with E-state index in [9.17, 15) is 9.90 Å². The van der Waals surface area contributed by atoms with Crippen LogP contribution >= 0.6 is 27.7 Å². The number of fused-ring (bicyclic) bond motifs is 1. The van der Waals surface area contributed by atoms with Gasteiger partial charge in [0, 0.05) is 21.2 Å². The van der Waals surface area contributed by atoms with E-state index in [0.717, 1.165) is 26.6 Å². The Balaban J connectivity index is 1.43. The van der Waals surface area contributed by atoms with Crippen LogP contribution in [0.2, 0.25) is 0 Å². The Labute approximate surface area is 208 Å². The summed E-state index contributed by atoms with van der Waals surface area (Å²) >= 11 is 4.74. The summed E-state index contributed by atoms with van der Waals surface area (Å²) in [6.45, 7) is 0. The van der Waals surface area contributed by atoms with Gasteiger partial charge in [-0.2, -0.15) is 0 Å². The summed E-state index contributed by atoms with van der Waals surface area (Å²) in [4.78, 5) is 12.8. The van der Waals surface area contributed by atoms with Crippen LogP contribution in [0.4, 0.5) is 5.69 Å². The van der Waals surface area contributed by atoms with Gasteiger partial charge in [-0.3, -0.25) is 9.36 Å². The second kappa shape index (κ2) is 9.70. The number of para-hydroxylation sites is 1. The van der Waals surface area contributed by atoms with Gasteiger partial charge in [0.25, 0.3) is 0 Å². The lowest BCUT2D eigenvalue weighted by Gasteiger charge is -2.12. The first-order chi connectivity index (χ1) is 16.6. The van der Waals surface area contributed by atoms with Gasteiger partial charge in [0.05, 0.1) is 11.3 Å². The highest BCUT2D eigenvalue weighted by molar-refractivity contribution is 9.10. The highest BCUT2D eigenvalue weighted by atomic mass is 79.9. The number of anilines is 1. The Morgan fingerprint density at radius 1 is 0.941 bits per heavy atom. The zero-order valence-corrected chi connectivity index (χ0v) is 20.3. The summed E-state index contributed by atoms with van der Waals surface area (Å²) in [5.74, 6) is 0.592. The number of phenolic OH excluding ortho intramolecular Hbond substituents is 1. The van der Waals surface area contributed by atoms with Gasteiger partial charge in [-0.1, -0.05) is 82.3 Å². The standard InChI is InChI=1S/C26H19BrN4O2S/c27-18-13-14-23(32)21(15-18)25-29-30-26(31(25)19-9-2-1-3-10-19)34-16-24(33)28-22-12-6-8-17-7-4-5-11-20(17)22/h1-15,32H,16H2,(H,28,33). The van der Waals surface area contributed by atoms with E-state index in [1.165, 1.54) is 11.8 Å². The summed E-state index contributed by atoms with van der Waals surface area (Å²) in [5, 5.41) is 24.8. The zero-order valence-electron chi connectivity index (χ0n) is 17.9. The number of halogens is 1. The average Bonchev–Trinajstić information content (AvgIpc) is 3.29. The van der Waals surface area contributed by atoms with Gasteiger partial charge >= 0.3 is 0 Å². The molecular formula is C26H19BrN4O2S. The molecule has 34 heavy (non-hydrogen) atoms.